The van der Waals surface area contributed by atoms with Gasteiger partial charge in [0.05, 0.1) is 24.4 Å². The van der Waals surface area contributed by atoms with Crippen LogP contribution in [-0.4, -0.2) is 20.8 Å². The van der Waals surface area contributed by atoms with Crippen LogP contribution in [0.2, 0.25) is 0 Å². The molecule has 0 fully saturated rings. The molecule has 0 N–H and O–H groups in total. The lowest BCUT2D eigenvalue weighted by molar-refractivity contribution is -0.137. The lowest BCUT2D eigenvalue weighted by Crippen LogP contribution is -2.11. The molecule has 1 aromatic heterocycles. The monoisotopic (exact) mass is 388 g/mol. The van der Waals surface area contributed by atoms with Gasteiger partial charge in [-0.15, -0.1) is 5.10 Å². The lowest BCUT2D eigenvalue weighted by Gasteiger charge is -2.14. The van der Waals surface area contributed by atoms with Gasteiger partial charge in [0.2, 0.25) is 0 Å². The number of aromatic nitrogens is 3. The standard InChI is InChI=1S/C19H15F3N4O2/c1-12-5-6-13(17-11-18(24-28-17)26-8-7-23-25-26)9-16(12)27-15-4-2-3-14(10-15)19(20,21)22/h2-10,17H,11H2,1H3. The molecule has 28 heavy (non-hydrogen) atoms. The van der Waals surface area contributed by atoms with Gasteiger partial charge in [-0.1, -0.05) is 28.6 Å². The van der Waals surface area contributed by atoms with Gasteiger partial charge >= 0.3 is 6.18 Å². The van der Waals surface area contributed by atoms with Crippen LogP contribution in [0.15, 0.2) is 60.0 Å². The van der Waals surface area contributed by atoms with Gasteiger partial charge in [0.25, 0.3) is 0 Å². The molecule has 2 heterocycles. The van der Waals surface area contributed by atoms with E-state index in [4.69, 9.17) is 9.57 Å². The van der Waals surface area contributed by atoms with E-state index < -0.39 is 11.7 Å². The summed E-state index contributed by atoms with van der Waals surface area (Å²) in [5.41, 5.74) is 0.826. The Labute approximate surface area is 158 Å². The first kappa shape index (κ1) is 18.0. The quantitative estimate of drug-likeness (QED) is 0.651. The molecule has 0 saturated heterocycles. The molecule has 1 unspecified atom stereocenters. The second-order valence-electron chi connectivity index (χ2n) is 6.31. The van der Waals surface area contributed by atoms with Gasteiger partial charge in [0, 0.05) is 0 Å². The van der Waals surface area contributed by atoms with E-state index in [9.17, 15) is 13.2 Å². The fourth-order valence-corrected chi connectivity index (χ4v) is 2.81. The second kappa shape index (κ2) is 6.99. The summed E-state index contributed by atoms with van der Waals surface area (Å²) in [5.74, 6) is 1.18. The van der Waals surface area contributed by atoms with Crippen molar-refractivity contribution in [2.75, 3.05) is 0 Å². The summed E-state index contributed by atoms with van der Waals surface area (Å²) in [7, 11) is 0. The Balaban J connectivity index is 1.54. The average Bonchev–Trinajstić information content (AvgIpc) is 3.34. The minimum atomic E-state index is -4.43. The van der Waals surface area contributed by atoms with Crippen LogP contribution in [0.25, 0.3) is 0 Å². The topological polar surface area (TPSA) is 61.5 Å². The third-order valence-corrected chi connectivity index (χ3v) is 4.31. The molecule has 0 amide bonds. The zero-order valence-corrected chi connectivity index (χ0v) is 14.7. The first-order valence-electron chi connectivity index (χ1n) is 8.45. The Bertz CT molecular complexity index is 1020. The minimum absolute atomic E-state index is 0.113. The molecule has 3 aromatic rings. The Morgan fingerprint density at radius 3 is 2.79 bits per heavy atom. The van der Waals surface area contributed by atoms with Crippen molar-refractivity contribution in [3.05, 3.63) is 71.5 Å². The molecule has 9 heteroatoms. The van der Waals surface area contributed by atoms with Crippen molar-refractivity contribution in [1.82, 2.24) is 15.0 Å². The number of ether oxygens (including phenoxy) is 1. The molecule has 0 bridgehead atoms. The summed E-state index contributed by atoms with van der Waals surface area (Å²) >= 11 is 0. The smallest absolute Gasteiger partial charge is 0.416 e. The number of aryl methyl sites for hydroxylation is 1. The third-order valence-electron chi connectivity index (χ3n) is 4.31. The molecule has 1 aliphatic heterocycles. The minimum Gasteiger partial charge on any atom is -0.457 e. The predicted octanol–water partition coefficient (Wildman–Crippen LogP) is 4.72. The van der Waals surface area contributed by atoms with Gasteiger partial charge in [-0.05, 0) is 42.3 Å². The van der Waals surface area contributed by atoms with E-state index in [1.807, 2.05) is 19.1 Å². The van der Waals surface area contributed by atoms with Crippen molar-refractivity contribution in [3.63, 3.8) is 0 Å². The summed E-state index contributed by atoms with van der Waals surface area (Å²) in [4.78, 5) is 5.48. The van der Waals surface area contributed by atoms with E-state index in [1.54, 1.807) is 18.5 Å². The Kier molecular flexibility index (Phi) is 4.50. The third kappa shape index (κ3) is 3.68. The fourth-order valence-electron chi connectivity index (χ4n) is 2.81. The molecular weight excluding hydrogens is 373 g/mol. The number of alkyl halides is 3. The molecule has 144 valence electrons. The second-order valence-corrected chi connectivity index (χ2v) is 6.31. The van der Waals surface area contributed by atoms with Crippen molar-refractivity contribution >= 4 is 5.84 Å². The zero-order chi connectivity index (χ0) is 19.7. The van der Waals surface area contributed by atoms with Crippen molar-refractivity contribution in [3.8, 4) is 11.5 Å². The number of hydrogen-bond acceptors (Lipinski definition) is 5. The van der Waals surface area contributed by atoms with Crippen LogP contribution in [-0.2, 0) is 11.0 Å². The highest BCUT2D eigenvalue weighted by Gasteiger charge is 2.31. The molecule has 0 saturated carbocycles. The molecule has 0 aliphatic carbocycles. The molecule has 6 nitrogen and oxygen atoms in total. The maximum Gasteiger partial charge on any atom is 0.416 e. The normalized spacial score (nSPS) is 16.6. The summed E-state index contributed by atoms with van der Waals surface area (Å²) in [6, 6.07) is 10.2. The van der Waals surface area contributed by atoms with Crippen LogP contribution >= 0.6 is 0 Å². The molecule has 4 rings (SSSR count). The first-order chi connectivity index (χ1) is 13.4. The highest BCUT2D eigenvalue weighted by Crippen LogP contribution is 2.35. The predicted molar refractivity (Wildman–Crippen MR) is 94.0 cm³/mol. The van der Waals surface area contributed by atoms with Gasteiger partial charge in [-0.2, -0.15) is 13.2 Å². The lowest BCUT2D eigenvalue weighted by atomic mass is 10.0. The van der Waals surface area contributed by atoms with Crippen LogP contribution in [0.3, 0.4) is 0 Å². The number of halogens is 3. The molecule has 0 spiro atoms. The summed E-state index contributed by atoms with van der Waals surface area (Å²) in [6.07, 6.45) is -1.08. The molecule has 0 radical (unpaired) electrons. The van der Waals surface area contributed by atoms with Crippen LogP contribution in [0.1, 0.15) is 29.2 Å². The number of oxime groups is 1. The van der Waals surface area contributed by atoms with Crippen LogP contribution in [0, 0.1) is 6.92 Å². The molecular formula is C19H15F3N4O2. The molecule has 2 aromatic carbocycles. The van der Waals surface area contributed by atoms with Crippen LogP contribution < -0.4 is 4.74 Å². The molecule has 1 atom stereocenters. The van der Waals surface area contributed by atoms with E-state index in [0.29, 0.717) is 18.0 Å². The Morgan fingerprint density at radius 2 is 2.04 bits per heavy atom. The fraction of sp³-hybridized carbons (Fsp3) is 0.211. The van der Waals surface area contributed by atoms with E-state index in [-0.39, 0.29) is 11.9 Å². The van der Waals surface area contributed by atoms with Gasteiger partial charge < -0.3 is 9.57 Å². The van der Waals surface area contributed by atoms with E-state index >= 15 is 0 Å². The molecule has 1 aliphatic rings. The summed E-state index contributed by atoms with van der Waals surface area (Å²) < 4.78 is 46.0. The maximum absolute atomic E-state index is 12.9. The maximum atomic E-state index is 12.9. The van der Waals surface area contributed by atoms with Crippen molar-refractivity contribution in [1.29, 1.82) is 0 Å². The first-order valence-corrected chi connectivity index (χ1v) is 8.45. The van der Waals surface area contributed by atoms with Gasteiger partial charge in [0.15, 0.2) is 11.9 Å². The van der Waals surface area contributed by atoms with E-state index in [2.05, 4.69) is 15.5 Å². The van der Waals surface area contributed by atoms with E-state index in [1.165, 1.54) is 16.8 Å². The van der Waals surface area contributed by atoms with E-state index in [0.717, 1.165) is 23.3 Å². The van der Waals surface area contributed by atoms with Crippen molar-refractivity contribution in [2.24, 2.45) is 5.16 Å². The number of benzene rings is 2. The van der Waals surface area contributed by atoms with Gasteiger partial charge in [-0.3, -0.25) is 0 Å². The van der Waals surface area contributed by atoms with Crippen LogP contribution in [0.5, 0.6) is 11.5 Å². The summed E-state index contributed by atoms with van der Waals surface area (Å²) in [5, 5.41) is 11.6. The largest absolute Gasteiger partial charge is 0.457 e. The highest BCUT2D eigenvalue weighted by molar-refractivity contribution is 5.84. The number of nitrogens with zero attached hydrogens (tertiary/aromatic N) is 4. The Hall–Kier alpha value is -3.36. The SMILES string of the molecule is Cc1ccc(C2CC(n3ccnn3)=NO2)cc1Oc1cccc(C(F)(F)F)c1. The number of hydrogen-bond donors (Lipinski definition) is 0. The van der Waals surface area contributed by atoms with Gasteiger partial charge in [-0.25, -0.2) is 4.68 Å². The summed E-state index contributed by atoms with van der Waals surface area (Å²) in [6.45, 7) is 1.82. The highest BCUT2D eigenvalue weighted by atomic mass is 19.4. The van der Waals surface area contributed by atoms with Crippen LogP contribution in [0.4, 0.5) is 13.2 Å². The zero-order valence-electron chi connectivity index (χ0n) is 14.7. The average molecular weight is 388 g/mol. The van der Waals surface area contributed by atoms with Crippen molar-refractivity contribution < 1.29 is 22.7 Å². The van der Waals surface area contributed by atoms with Crippen molar-refractivity contribution in [2.45, 2.75) is 25.6 Å². The Morgan fingerprint density at radius 1 is 1.18 bits per heavy atom. The number of rotatable bonds is 3. The van der Waals surface area contributed by atoms with Gasteiger partial charge in [0.1, 0.15) is 11.5 Å².